The maximum absolute atomic E-state index is 6.62. The van der Waals surface area contributed by atoms with Crippen molar-refractivity contribution in [2.75, 3.05) is 19.6 Å². The van der Waals surface area contributed by atoms with Gasteiger partial charge in [0.2, 0.25) is 0 Å². The van der Waals surface area contributed by atoms with Gasteiger partial charge in [-0.25, -0.2) is 0 Å². The minimum atomic E-state index is -0.134. The molecular weight excluding hydrogens is 256 g/mol. The maximum Gasteiger partial charge on any atom is 0.0434 e. The van der Waals surface area contributed by atoms with E-state index in [-0.39, 0.29) is 5.54 Å². The Hall–Kier alpha value is -1.64. The van der Waals surface area contributed by atoms with E-state index < -0.39 is 0 Å². The van der Waals surface area contributed by atoms with E-state index in [0.29, 0.717) is 0 Å². The van der Waals surface area contributed by atoms with E-state index >= 15 is 0 Å². The SMILES string of the molecule is NC1(c2ccccc2)CCN(CCc2ccccc2)CC1. The first-order valence-electron chi connectivity index (χ1n) is 7.87. The minimum absolute atomic E-state index is 0.134. The van der Waals surface area contributed by atoms with Crippen molar-refractivity contribution in [1.82, 2.24) is 4.90 Å². The van der Waals surface area contributed by atoms with Crippen molar-refractivity contribution in [2.24, 2.45) is 5.73 Å². The zero-order valence-electron chi connectivity index (χ0n) is 12.5. The molecule has 2 heteroatoms. The Bertz CT molecular complexity index is 542. The van der Waals surface area contributed by atoms with Crippen LogP contribution >= 0.6 is 0 Å². The molecule has 1 fully saturated rings. The highest BCUT2D eigenvalue weighted by molar-refractivity contribution is 5.24. The van der Waals surface area contributed by atoms with Gasteiger partial charge in [-0.3, -0.25) is 0 Å². The summed E-state index contributed by atoms with van der Waals surface area (Å²) in [5.41, 5.74) is 9.20. The second kappa shape index (κ2) is 6.42. The Balaban J connectivity index is 1.53. The Morgan fingerprint density at radius 2 is 1.43 bits per heavy atom. The van der Waals surface area contributed by atoms with Gasteiger partial charge in [0.1, 0.15) is 0 Å². The predicted molar refractivity (Wildman–Crippen MR) is 88.1 cm³/mol. The second-order valence-corrected chi connectivity index (χ2v) is 6.10. The summed E-state index contributed by atoms with van der Waals surface area (Å²) in [5.74, 6) is 0. The molecule has 0 aromatic heterocycles. The zero-order chi connectivity index (χ0) is 14.5. The van der Waals surface area contributed by atoms with E-state index in [1.807, 2.05) is 0 Å². The predicted octanol–water partition coefficient (Wildman–Crippen LogP) is 3.18. The van der Waals surface area contributed by atoms with Gasteiger partial charge in [0, 0.05) is 25.2 Å². The molecule has 0 spiro atoms. The van der Waals surface area contributed by atoms with E-state index in [1.165, 1.54) is 11.1 Å². The smallest absolute Gasteiger partial charge is 0.0434 e. The molecule has 21 heavy (non-hydrogen) atoms. The van der Waals surface area contributed by atoms with Gasteiger partial charge in [-0.2, -0.15) is 0 Å². The van der Waals surface area contributed by atoms with Crippen molar-refractivity contribution < 1.29 is 0 Å². The van der Waals surface area contributed by atoms with Crippen molar-refractivity contribution >= 4 is 0 Å². The van der Waals surface area contributed by atoms with Crippen LogP contribution < -0.4 is 5.73 Å². The standard InChI is InChI=1S/C19H24N2/c20-19(18-9-5-2-6-10-18)12-15-21(16-13-19)14-11-17-7-3-1-4-8-17/h1-10H,11-16,20H2. The lowest BCUT2D eigenvalue weighted by Crippen LogP contribution is -2.48. The van der Waals surface area contributed by atoms with Crippen LogP contribution in [0.15, 0.2) is 60.7 Å². The highest BCUT2D eigenvalue weighted by Crippen LogP contribution is 2.30. The summed E-state index contributed by atoms with van der Waals surface area (Å²) >= 11 is 0. The largest absolute Gasteiger partial charge is 0.321 e. The van der Waals surface area contributed by atoms with Gasteiger partial charge in [0.25, 0.3) is 0 Å². The molecule has 1 aliphatic rings. The molecule has 0 atom stereocenters. The Kier molecular flexibility index (Phi) is 4.37. The summed E-state index contributed by atoms with van der Waals surface area (Å²) in [6, 6.07) is 21.3. The highest BCUT2D eigenvalue weighted by atomic mass is 15.1. The lowest BCUT2D eigenvalue weighted by atomic mass is 9.82. The number of rotatable bonds is 4. The molecule has 3 rings (SSSR count). The molecule has 0 amide bonds. The Morgan fingerprint density at radius 3 is 2.05 bits per heavy atom. The fourth-order valence-corrected chi connectivity index (χ4v) is 3.17. The van der Waals surface area contributed by atoms with E-state index in [0.717, 1.165) is 38.9 Å². The van der Waals surface area contributed by atoms with E-state index in [9.17, 15) is 0 Å². The van der Waals surface area contributed by atoms with Crippen LogP contribution in [0.1, 0.15) is 24.0 Å². The summed E-state index contributed by atoms with van der Waals surface area (Å²) < 4.78 is 0. The number of likely N-dealkylation sites (tertiary alicyclic amines) is 1. The van der Waals surface area contributed by atoms with Crippen molar-refractivity contribution in [3.05, 3.63) is 71.8 Å². The van der Waals surface area contributed by atoms with Crippen molar-refractivity contribution in [3.8, 4) is 0 Å². The fourth-order valence-electron chi connectivity index (χ4n) is 3.17. The first-order valence-corrected chi connectivity index (χ1v) is 7.87. The van der Waals surface area contributed by atoms with Gasteiger partial charge in [0.15, 0.2) is 0 Å². The van der Waals surface area contributed by atoms with Crippen LogP contribution in [-0.2, 0) is 12.0 Å². The lowest BCUT2D eigenvalue weighted by molar-refractivity contribution is 0.163. The van der Waals surface area contributed by atoms with Gasteiger partial charge in [-0.05, 0) is 30.4 Å². The number of nitrogens with two attached hydrogens (primary N) is 1. The molecule has 0 bridgehead atoms. The molecule has 110 valence electrons. The van der Waals surface area contributed by atoms with Crippen molar-refractivity contribution in [1.29, 1.82) is 0 Å². The van der Waals surface area contributed by atoms with E-state index in [4.69, 9.17) is 5.73 Å². The quantitative estimate of drug-likeness (QED) is 0.932. The first-order chi connectivity index (χ1) is 10.3. The molecule has 1 saturated heterocycles. The minimum Gasteiger partial charge on any atom is -0.321 e. The van der Waals surface area contributed by atoms with E-state index in [1.54, 1.807) is 0 Å². The third kappa shape index (κ3) is 3.52. The monoisotopic (exact) mass is 280 g/mol. The highest BCUT2D eigenvalue weighted by Gasteiger charge is 2.31. The molecule has 2 N–H and O–H groups in total. The molecule has 2 nitrogen and oxygen atoms in total. The molecule has 0 saturated carbocycles. The second-order valence-electron chi connectivity index (χ2n) is 6.10. The topological polar surface area (TPSA) is 29.3 Å². The first kappa shape index (κ1) is 14.3. The van der Waals surface area contributed by atoms with E-state index in [2.05, 4.69) is 65.6 Å². The van der Waals surface area contributed by atoms with Crippen LogP contribution in [0.5, 0.6) is 0 Å². The molecule has 1 aliphatic heterocycles. The Morgan fingerprint density at radius 1 is 0.857 bits per heavy atom. The van der Waals surface area contributed by atoms with Crippen LogP contribution in [-0.4, -0.2) is 24.5 Å². The van der Waals surface area contributed by atoms with Crippen LogP contribution in [0.25, 0.3) is 0 Å². The Labute approximate surface area is 127 Å². The molecule has 2 aromatic carbocycles. The summed E-state index contributed by atoms with van der Waals surface area (Å²) in [5, 5.41) is 0. The molecule has 0 aliphatic carbocycles. The lowest BCUT2D eigenvalue weighted by Gasteiger charge is -2.39. The van der Waals surface area contributed by atoms with Gasteiger partial charge in [0.05, 0.1) is 0 Å². The average Bonchev–Trinajstić information content (AvgIpc) is 2.56. The third-order valence-electron chi connectivity index (χ3n) is 4.66. The van der Waals surface area contributed by atoms with Gasteiger partial charge < -0.3 is 10.6 Å². The maximum atomic E-state index is 6.62. The van der Waals surface area contributed by atoms with Gasteiger partial charge in [-0.15, -0.1) is 0 Å². The van der Waals surface area contributed by atoms with Crippen molar-refractivity contribution in [2.45, 2.75) is 24.8 Å². The third-order valence-corrected chi connectivity index (χ3v) is 4.66. The normalized spacial score (nSPS) is 18.5. The number of nitrogens with zero attached hydrogens (tertiary/aromatic N) is 1. The fraction of sp³-hybridized carbons (Fsp3) is 0.368. The van der Waals surface area contributed by atoms with Gasteiger partial charge >= 0.3 is 0 Å². The summed E-state index contributed by atoms with van der Waals surface area (Å²) in [6.45, 7) is 3.32. The van der Waals surface area contributed by atoms with Crippen LogP contribution in [0.3, 0.4) is 0 Å². The average molecular weight is 280 g/mol. The molecule has 1 heterocycles. The van der Waals surface area contributed by atoms with Crippen LogP contribution in [0, 0.1) is 0 Å². The van der Waals surface area contributed by atoms with Crippen LogP contribution in [0.2, 0.25) is 0 Å². The van der Waals surface area contributed by atoms with Gasteiger partial charge in [-0.1, -0.05) is 60.7 Å². The number of hydrogen-bond acceptors (Lipinski definition) is 2. The van der Waals surface area contributed by atoms with Crippen LogP contribution in [0.4, 0.5) is 0 Å². The molecule has 0 radical (unpaired) electrons. The summed E-state index contributed by atoms with van der Waals surface area (Å²) in [4.78, 5) is 2.54. The molecular formula is C19H24N2. The number of hydrogen-bond donors (Lipinski definition) is 1. The van der Waals surface area contributed by atoms with Crippen molar-refractivity contribution in [3.63, 3.8) is 0 Å². The number of piperidine rings is 1. The summed E-state index contributed by atoms with van der Waals surface area (Å²) in [6.07, 6.45) is 3.22. The molecule has 2 aromatic rings. The summed E-state index contributed by atoms with van der Waals surface area (Å²) in [7, 11) is 0. The zero-order valence-corrected chi connectivity index (χ0v) is 12.5. The number of benzene rings is 2. The molecule has 0 unspecified atom stereocenters.